The highest BCUT2D eigenvalue weighted by atomic mass is 16.1. The van der Waals surface area contributed by atoms with Crippen LogP contribution in [0, 0.1) is 20.8 Å². The fourth-order valence-corrected chi connectivity index (χ4v) is 2.60. The maximum Gasteiger partial charge on any atom is 0.220 e. The predicted molar refractivity (Wildman–Crippen MR) is 89.9 cm³/mol. The molecule has 0 fully saturated rings. The van der Waals surface area contributed by atoms with Gasteiger partial charge in [0.15, 0.2) is 0 Å². The van der Waals surface area contributed by atoms with Crippen molar-refractivity contribution in [3.63, 3.8) is 0 Å². The van der Waals surface area contributed by atoms with Crippen molar-refractivity contribution in [2.24, 2.45) is 0 Å². The Hall–Kier alpha value is -1.35. The minimum atomic E-state index is 0.152. The zero-order chi connectivity index (χ0) is 16.0. The maximum atomic E-state index is 12.0. The lowest BCUT2D eigenvalue weighted by atomic mass is 9.90. The van der Waals surface area contributed by atoms with Crippen LogP contribution in [0.1, 0.15) is 47.9 Å². The van der Waals surface area contributed by atoms with Gasteiger partial charge in [0.05, 0.1) is 0 Å². The van der Waals surface area contributed by atoms with Gasteiger partial charge in [0.1, 0.15) is 0 Å². The Morgan fingerprint density at radius 3 is 2.38 bits per heavy atom. The number of carbonyl (C=O) groups is 1. The van der Waals surface area contributed by atoms with Crippen LogP contribution in [0.15, 0.2) is 12.1 Å². The average molecular weight is 290 g/mol. The first kappa shape index (κ1) is 17.7. The third-order valence-electron chi connectivity index (χ3n) is 4.01. The molecule has 1 unspecified atom stereocenters. The Balaban J connectivity index is 2.51. The van der Waals surface area contributed by atoms with Crippen LogP contribution in [-0.2, 0) is 4.79 Å². The van der Waals surface area contributed by atoms with Gasteiger partial charge >= 0.3 is 0 Å². The number of aryl methyl sites for hydroxylation is 3. The second-order valence-corrected chi connectivity index (χ2v) is 6.41. The summed E-state index contributed by atoms with van der Waals surface area (Å²) in [5, 5.41) is 3.02. The molecule has 0 saturated heterocycles. The molecule has 118 valence electrons. The zero-order valence-electron chi connectivity index (χ0n) is 14.4. The van der Waals surface area contributed by atoms with E-state index in [9.17, 15) is 4.79 Å². The molecule has 1 rings (SSSR count). The quantitative estimate of drug-likeness (QED) is 0.782. The maximum absolute atomic E-state index is 12.0. The second kappa shape index (κ2) is 8.18. The van der Waals surface area contributed by atoms with Crippen molar-refractivity contribution in [2.75, 3.05) is 27.2 Å². The molecule has 1 atom stereocenters. The Morgan fingerprint density at radius 1 is 1.14 bits per heavy atom. The summed E-state index contributed by atoms with van der Waals surface area (Å²) in [4.78, 5) is 14.1. The van der Waals surface area contributed by atoms with Gasteiger partial charge in [0.2, 0.25) is 5.91 Å². The van der Waals surface area contributed by atoms with E-state index in [4.69, 9.17) is 0 Å². The molecule has 1 aromatic carbocycles. The summed E-state index contributed by atoms with van der Waals surface area (Å²) in [5.41, 5.74) is 5.19. The minimum absolute atomic E-state index is 0.152. The van der Waals surface area contributed by atoms with Gasteiger partial charge in [0, 0.05) is 13.0 Å². The number of hydrogen-bond acceptors (Lipinski definition) is 2. The van der Waals surface area contributed by atoms with Crippen LogP contribution in [-0.4, -0.2) is 38.0 Å². The number of rotatable bonds is 7. The highest BCUT2D eigenvalue weighted by Crippen LogP contribution is 2.25. The van der Waals surface area contributed by atoms with Crippen LogP contribution in [0.3, 0.4) is 0 Å². The molecule has 0 bridgehead atoms. The van der Waals surface area contributed by atoms with E-state index in [2.05, 4.69) is 50.0 Å². The Kier molecular flexibility index (Phi) is 6.90. The zero-order valence-corrected chi connectivity index (χ0v) is 14.4. The summed E-state index contributed by atoms with van der Waals surface area (Å²) in [7, 11) is 4.10. The van der Waals surface area contributed by atoms with Crippen LogP contribution < -0.4 is 5.32 Å². The van der Waals surface area contributed by atoms with Gasteiger partial charge in [-0.1, -0.05) is 19.1 Å². The number of hydrogen-bond donors (Lipinski definition) is 1. The van der Waals surface area contributed by atoms with Crippen molar-refractivity contribution < 1.29 is 4.79 Å². The summed E-state index contributed by atoms with van der Waals surface area (Å²) >= 11 is 0. The van der Waals surface area contributed by atoms with Crippen molar-refractivity contribution >= 4 is 5.91 Å². The molecular formula is C18H30N2O. The summed E-state index contributed by atoms with van der Waals surface area (Å²) in [6, 6.07) is 4.45. The average Bonchev–Trinajstić information content (AvgIpc) is 2.38. The summed E-state index contributed by atoms with van der Waals surface area (Å²) in [6.45, 7) is 10.3. The smallest absolute Gasteiger partial charge is 0.220 e. The van der Waals surface area contributed by atoms with Gasteiger partial charge in [-0.3, -0.25) is 4.79 Å². The Bertz CT molecular complexity index is 480. The highest BCUT2D eigenvalue weighted by molar-refractivity contribution is 5.76. The molecule has 0 heterocycles. The molecule has 0 saturated carbocycles. The van der Waals surface area contributed by atoms with Crippen LogP contribution in [0.4, 0.5) is 0 Å². The van der Waals surface area contributed by atoms with Gasteiger partial charge in [-0.15, -0.1) is 0 Å². The van der Waals surface area contributed by atoms with E-state index in [1.54, 1.807) is 0 Å². The summed E-state index contributed by atoms with van der Waals surface area (Å²) < 4.78 is 0. The molecule has 3 heteroatoms. The predicted octanol–water partition coefficient (Wildman–Crippen LogP) is 3.17. The van der Waals surface area contributed by atoms with Gasteiger partial charge < -0.3 is 10.2 Å². The largest absolute Gasteiger partial charge is 0.356 e. The highest BCUT2D eigenvalue weighted by Gasteiger charge is 2.14. The molecule has 0 spiro atoms. The molecule has 0 radical (unpaired) electrons. The number of carbonyl (C=O) groups excluding carboxylic acids is 1. The first-order valence-electron chi connectivity index (χ1n) is 7.80. The topological polar surface area (TPSA) is 32.3 Å². The molecule has 0 aliphatic heterocycles. The number of benzene rings is 1. The van der Waals surface area contributed by atoms with Gasteiger partial charge in [-0.05, 0) is 76.0 Å². The molecule has 0 aliphatic rings. The molecule has 1 amide bonds. The van der Waals surface area contributed by atoms with Crippen molar-refractivity contribution in [1.29, 1.82) is 0 Å². The molecule has 1 aromatic rings. The first-order valence-corrected chi connectivity index (χ1v) is 7.80. The van der Waals surface area contributed by atoms with Gasteiger partial charge in [0.25, 0.3) is 0 Å². The molecular weight excluding hydrogens is 260 g/mol. The van der Waals surface area contributed by atoms with Crippen molar-refractivity contribution in [2.45, 2.75) is 46.5 Å². The number of amides is 1. The normalized spacial score (nSPS) is 12.5. The van der Waals surface area contributed by atoms with Crippen LogP contribution in [0.25, 0.3) is 0 Å². The van der Waals surface area contributed by atoms with Crippen LogP contribution in [0.5, 0.6) is 0 Å². The SMILES string of the molecule is Cc1cc(C)c(C(C)CC(=O)NCCCN(C)C)cc1C. The number of nitrogens with zero attached hydrogens (tertiary/aromatic N) is 1. The molecule has 21 heavy (non-hydrogen) atoms. The lowest BCUT2D eigenvalue weighted by Gasteiger charge is -2.17. The second-order valence-electron chi connectivity index (χ2n) is 6.41. The summed E-state index contributed by atoms with van der Waals surface area (Å²) in [6.07, 6.45) is 1.56. The molecule has 0 aromatic heterocycles. The third-order valence-corrected chi connectivity index (χ3v) is 4.01. The van der Waals surface area contributed by atoms with Crippen molar-refractivity contribution in [3.8, 4) is 0 Å². The van der Waals surface area contributed by atoms with Crippen molar-refractivity contribution in [1.82, 2.24) is 10.2 Å². The van der Waals surface area contributed by atoms with E-state index < -0.39 is 0 Å². The van der Waals surface area contributed by atoms with E-state index >= 15 is 0 Å². The first-order chi connectivity index (χ1) is 9.81. The van der Waals surface area contributed by atoms with E-state index in [0.717, 1.165) is 19.5 Å². The van der Waals surface area contributed by atoms with E-state index in [0.29, 0.717) is 6.42 Å². The fraction of sp³-hybridized carbons (Fsp3) is 0.611. The number of nitrogens with one attached hydrogen (secondary N) is 1. The van der Waals surface area contributed by atoms with Gasteiger partial charge in [-0.2, -0.15) is 0 Å². The lowest BCUT2D eigenvalue weighted by Crippen LogP contribution is -2.28. The standard InChI is InChI=1S/C18H30N2O/c1-13-10-15(3)17(11-14(13)2)16(4)12-18(21)19-8-7-9-20(5)6/h10-11,16H,7-9,12H2,1-6H3,(H,19,21). The Labute approximate surface area is 129 Å². The Morgan fingerprint density at radius 2 is 1.76 bits per heavy atom. The van der Waals surface area contributed by atoms with E-state index in [-0.39, 0.29) is 11.8 Å². The third kappa shape index (κ3) is 5.88. The van der Waals surface area contributed by atoms with Crippen LogP contribution in [0.2, 0.25) is 0 Å². The van der Waals surface area contributed by atoms with E-state index in [1.165, 1.54) is 22.3 Å². The summed E-state index contributed by atoms with van der Waals surface area (Å²) in [5.74, 6) is 0.414. The fourth-order valence-electron chi connectivity index (χ4n) is 2.60. The van der Waals surface area contributed by atoms with Crippen LogP contribution >= 0.6 is 0 Å². The van der Waals surface area contributed by atoms with E-state index in [1.807, 2.05) is 14.1 Å². The monoisotopic (exact) mass is 290 g/mol. The lowest BCUT2D eigenvalue weighted by molar-refractivity contribution is -0.121. The molecule has 3 nitrogen and oxygen atoms in total. The minimum Gasteiger partial charge on any atom is -0.356 e. The molecule has 0 aliphatic carbocycles. The van der Waals surface area contributed by atoms with Crippen molar-refractivity contribution in [3.05, 3.63) is 34.4 Å². The van der Waals surface area contributed by atoms with Gasteiger partial charge in [-0.25, -0.2) is 0 Å². The molecule has 1 N–H and O–H groups in total.